The van der Waals surface area contributed by atoms with Gasteiger partial charge < -0.3 is 35.5 Å². The highest BCUT2D eigenvalue weighted by Crippen LogP contribution is 2.10. The molecule has 1 aromatic rings. The molecule has 0 aliphatic rings. The van der Waals surface area contributed by atoms with E-state index in [1.807, 2.05) is 0 Å². The fourth-order valence-corrected chi connectivity index (χ4v) is 2.92. The Bertz CT molecular complexity index is 994. The summed E-state index contributed by atoms with van der Waals surface area (Å²) < 4.78 is 15.4. The number of esters is 1. The number of anilines is 1. The zero-order valence-electron chi connectivity index (χ0n) is 22.3. The molecule has 13 heteroatoms. The van der Waals surface area contributed by atoms with Crippen molar-refractivity contribution in [1.29, 1.82) is 0 Å². The van der Waals surface area contributed by atoms with Crippen molar-refractivity contribution in [3.8, 4) is 0 Å². The third-order valence-electron chi connectivity index (χ3n) is 4.85. The molecule has 1 aromatic carbocycles. The normalized spacial score (nSPS) is 11.5. The molecule has 0 radical (unpaired) electrons. The Morgan fingerprint density at radius 1 is 0.923 bits per heavy atom. The number of carbonyl (C=O) groups excluding carboxylic acids is 6. The van der Waals surface area contributed by atoms with Crippen molar-refractivity contribution in [3.63, 3.8) is 0 Å². The Morgan fingerprint density at radius 2 is 1.62 bits per heavy atom. The summed E-state index contributed by atoms with van der Waals surface area (Å²) in [4.78, 5) is 69.3. The summed E-state index contributed by atoms with van der Waals surface area (Å²) in [6, 6.07) is 5.82. The second-order valence-electron chi connectivity index (χ2n) is 8.48. The van der Waals surface area contributed by atoms with E-state index in [1.165, 1.54) is 6.92 Å². The second-order valence-corrected chi connectivity index (χ2v) is 8.48. The van der Waals surface area contributed by atoms with Crippen LogP contribution in [0.5, 0.6) is 0 Å². The molecule has 39 heavy (non-hydrogen) atoms. The maximum absolute atomic E-state index is 12.6. The van der Waals surface area contributed by atoms with E-state index in [-0.39, 0.29) is 58.0 Å². The monoisotopic (exact) mass is 548 g/mol. The van der Waals surface area contributed by atoms with Crippen LogP contribution in [-0.2, 0) is 49.6 Å². The van der Waals surface area contributed by atoms with Crippen molar-refractivity contribution in [2.75, 3.05) is 44.8 Å². The van der Waals surface area contributed by atoms with E-state index in [2.05, 4.69) is 21.3 Å². The molecule has 0 aliphatic carbocycles. The van der Waals surface area contributed by atoms with Crippen LogP contribution in [0.1, 0.15) is 26.3 Å². The molecule has 0 fully saturated rings. The van der Waals surface area contributed by atoms with E-state index in [4.69, 9.17) is 14.2 Å². The van der Waals surface area contributed by atoms with Gasteiger partial charge in [0.1, 0.15) is 25.5 Å². The van der Waals surface area contributed by atoms with Crippen LogP contribution in [0.25, 0.3) is 0 Å². The highest BCUT2D eigenvalue weighted by molar-refractivity contribution is 5.96. The van der Waals surface area contributed by atoms with Crippen molar-refractivity contribution in [2.24, 2.45) is 5.92 Å². The van der Waals surface area contributed by atoms with E-state index in [1.54, 1.807) is 38.1 Å². The third-order valence-corrected chi connectivity index (χ3v) is 4.85. The van der Waals surface area contributed by atoms with Crippen molar-refractivity contribution in [3.05, 3.63) is 42.0 Å². The van der Waals surface area contributed by atoms with Crippen LogP contribution in [0.15, 0.2) is 36.4 Å². The maximum atomic E-state index is 12.6. The van der Waals surface area contributed by atoms with E-state index in [9.17, 15) is 28.8 Å². The van der Waals surface area contributed by atoms with Crippen molar-refractivity contribution in [2.45, 2.75) is 33.4 Å². The van der Waals surface area contributed by atoms with Crippen molar-refractivity contribution < 1.29 is 43.0 Å². The topological polar surface area (TPSA) is 178 Å². The van der Waals surface area contributed by atoms with Gasteiger partial charge in [0.05, 0.1) is 26.4 Å². The van der Waals surface area contributed by atoms with Gasteiger partial charge in [-0.3, -0.25) is 28.8 Å². The molecular weight excluding hydrogens is 512 g/mol. The number of hydrogen-bond acceptors (Lipinski definition) is 9. The lowest BCUT2D eigenvalue weighted by molar-refractivity contribution is -0.142. The highest BCUT2D eigenvalue weighted by atomic mass is 16.5. The Kier molecular flexibility index (Phi) is 16.1. The minimum absolute atomic E-state index is 0.121. The van der Waals surface area contributed by atoms with Crippen LogP contribution in [0, 0.1) is 5.92 Å². The molecule has 1 rings (SSSR count). The standard InChI is InChI=1S/C26H36N4O9/c1-18(2)25(30-24(35)17-38-14-13-37-12-10-27-22(33)5-4-11-31)26(36)28-15-23(34)29-21-8-6-20(7-9-21)16-39-19(3)32/h4-9,11,18,25H,10,12-17H2,1-3H3,(H,27,33)(H,28,36)(H,29,34)(H,30,35)/b5-4-. The molecule has 1 atom stereocenters. The van der Waals surface area contributed by atoms with Crippen LogP contribution >= 0.6 is 0 Å². The number of aldehydes is 1. The molecule has 214 valence electrons. The Hall–Kier alpha value is -4.10. The molecule has 0 aliphatic heterocycles. The molecule has 4 amide bonds. The van der Waals surface area contributed by atoms with Gasteiger partial charge in [-0.15, -0.1) is 0 Å². The molecule has 13 nitrogen and oxygen atoms in total. The van der Waals surface area contributed by atoms with Gasteiger partial charge in [0.15, 0.2) is 0 Å². The van der Waals surface area contributed by atoms with E-state index >= 15 is 0 Å². The van der Waals surface area contributed by atoms with Gasteiger partial charge in [0.25, 0.3) is 0 Å². The number of hydrogen-bond donors (Lipinski definition) is 4. The first-order valence-corrected chi connectivity index (χ1v) is 12.3. The van der Waals surface area contributed by atoms with E-state index < -0.39 is 29.7 Å². The molecular formula is C26H36N4O9. The number of nitrogens with one attached hydrogen (secondary N) is 4. The van der Waals surface area contributed by atoms with Gasteiger partial charge in [-0.05, 0) is 29.7 Å². The molecule has 0 aromatic heterocycles. The van der Waals surface area contributed by atoms with Crippen LogP contribution < -0.4 is 21.3 Å². The van der Waals surface area contributed by atoms with Gasteiger partial charge >= 0.3 is 5.97 Å². The second kappa shape index (κ2) is 19.0. The molecule has 4 N–H and O–H groups in total. The predicted octanol–water partition coefficient (Wildman–Crippen LogP) is -0.150. The molecule has 0 heterocycles. The van der Waals surface area contributed by atoms with E-state index in [0.717, 1.165) is 17.7 Å². The summed E-state index contributed by atoms with van der Waals surface area (Å²) in [6.07, 6.45) is 2.68. The average Bonchev–Trinajstić information content (AvgIpc) is 2.90. The van der Waals surface area contributed by atoms with Crippen LogP contribution in [0.3, 0.4) is 0 Å². The Balaban J connectivity index is 2.30. The minimum Gasteiger partial charge on any atom is -0.461 e. The van der Waals surface area contributed by atoms with Gasteiger partial charge in [-0.25, -0.2) is 0 Å². The predicted molar refractivity (Wildman–Crippen MR) is 140 cm³/mol. The fraction of sp³-hybridized carbons (Fsp3) is 0.462. The van der Waals surface area contributed by atoms with Crippen LogP contribution in [0.4, 0.5) is 5.69 Å². The number of allylic oxidation sites excluding steroid dienone is 1. The molecule has 0 spiro atoms. The van der Waals surface area contributed by atoms with Gasteiger partial charge in [-0.1, -0.05) is 26.0 Å². The zero-order valence-corrected chi connectivity index (χ0v) is 22.3. The summed E-state index contributed by atoms with van der Waals surface area (Å²) in [5.41, 5.74) is 1.27. The highest BCUT2D eigenvalue weighted by Gasteiger charge is 2.24. The number of benzene rings is 1. The number of carbonyl (C=O) groups is 6. The first-order chi connectivity index (χ1) is 18.6. The van der Waals surface area contributed by atoms with Gasteiger partial charge in [0.2, 0.25) is 23.6 Å². The summed E-state index contributed by atoms with van der Waals surface area (Å²) in [5.74, 6) is -2.52. The van der Waals surface area contributed by atoms with Crippen LogP contribution in [-0.4, -0.2) is 81.4 Å². The molecule has 0 saturated carbocycles. The smallest absolute Gasteiger partial charge is 0.302 e. The zero-order chi connectivity index (χ0) is 29.0. The average molecular weight is 549 g/mol. The summed E-state index contributed by atoms with van der Waals surface area (Å²) >= 11 is 0. The maximum Gasteiger partial charge on any atom is 0.302 e. The SMILES string of the molecule is CC(=O)OCc1ccc(NC(=O)CNC(=O)C(NC(=O)COCCOCCNC(=O)/C=C\C=O)C(C)C)cc1. The quantitative estimate of drug-likeness (QED) is 0.0840. The third kappa shape index (κ3) is 15.7. The number of amides is 4. The fourth-order valence-electron chi connectivity index (χ4n) is 2.92. The van der Waals surface area contributed by atoms with Crippen molar-refractivity contribution >= 4 is 41.6 Å². The van der Waals surface area contributed by atoms with Gasteiger partial charge in [-0.2, -0.15) is 0 Å². The first kappa shape index (κ1) is 32.9. The van der Waals surface area contributed by atoms with Crippen molar-refractivity contribution in [1.82, 2.24) is 16.0 Å². The summed E-state index contributed by atoms with van der Waals surface area (Å²) in [6.45, 7) is 5.14. The Labute approximate surface area is 227 Å². The first-order valence-electron chi connectivity index (χ1n) is 12.3. The minimum atomic E-state index is -0.873. The van der Waals surface area contributed by atoms with Gasteiger partial charge in [0, 0.05) is 25.2 Å². The largest absolute Gasteiger partial charge is 0.461 e. The number of rotatable bonds is 18. The Morgan fingerprint density at radius 3 is 2.26 bits per heavy atom. The molecule has 1 unspecified atom stereocenters. The summed E-state index contributed by atoms with van der Waals surface area (Å²) in [5, 5.41) is 10.3. The summed E-state index contributed by atoms with van der Waals surface area (Å²) in [7, 11) is 0. The van der Waals surface area contributed by atoms with Crippen LogP contribution in [0.2, 0.25) is 0 Å². The molecule has 0 saturated heterocycles. The lowest BCUT2D eigenvalue weighted by Crippen LogP contribution is -2.51. The van der Waals surface area contributed by atoms with E-state index in [0.29, 0.717) is 12.0 Å². The lowest BCUT2D eigenvalue weighted by atomic mass is 10.0. The lowest BCUT2D eigenvalue weighted by Gasteiger charge is -2.21. The molecule has 0 bridgehead atoms. The number of ether oxygens (including phenoxy) is 3.